The van der Waals surface area contributed by atoms with E-state index in [1.54, 1.807) is 7.11 Å². The second-order valence-electron chi connectivity index (χ2n) is 5.82. The molecule has 0 amide bonds. The van der Waals surface area contributed by atoms with Crippen molar-refractivity contribution in [3.63, 3.8) is 0 Å². The average Bonchev–Trinajstić information content (AvgIpc) is 2.41. The van der Waals surface area contributed by atoms with Gasteiger partial charge in [-0.05, 0) is 65.7 Å². The van der Waals surface area contributed by atoms with Gasteiger partial charge in [0.05, 0.1) is 18.2 Å². The van der Waals surface area contributed by atoms with Crippen molar-refractivity contribution < 1.29 is 9.47 Å². The van der Waals surface area contributed by atoms with Crippen molar-refractivity contribution in [1.82, 2.24) is 5.32 Å². The zero-order chi connectivity index (χ0) is 15.2. The normalized spacial score (nSPS) is 16.4. The number of halogens is 1. The molecule has 2 rings (SSSR count). The summed E-state index contributed by atoms with van der Waals surface area (Å²) in [7, 11) is 1.69. The third kappa shape index (κ3) is 4.36. The molecule has 0 aromatic heterocycles. The summed E-state index contributed by atoms with van der Waals surface area (Å²) < 4.78 is 12.2. The largest absolute Gasteiger partial charge is 0.493 e. The molecule has 0 spiro atoms. The lowest BCUT2D eigenvalue weighted by Gasteiger charge is -2.32. The minimum absolute atomic E-state index is 0.583. The van der Waals surface area contributed by atoms with E-state index < -0.39 is 0 Å². The first-order valence-electron chi connectivity index (χ1n) is 7.88. The molecule has 0 saturated heterocycles. The van der Waals surface area contributed by atoms with E-state index in [0.717, 1.165) is 34.9 Å². The van der Waals surface area contributed by atoms with Crippen molar-refractivity contribution in [1.29, 1.82) is 0 Å². The summed E-state index contributed by atoms with van der Waals surface area (Å²) in [5.41, 5.74) is 1.22. The lowest BCUT2D eigenvalue weighted by atomic mass is 9.80. The Labute approximate surface area is 136 Å². The van der Waals surface area contributed by atoms with Crippen LogP contribution < -0.4 is 14.8 Å². The van der Waals surface area contributed by atoms with E-state index in [-0.39, 0.29) is 0 Å². The highest BCUT2D eigenvalue weighted by atomic mass is 79.9. The predicted molar refractivity (Wildman–Crippen MR) is 90.1 cm³/mol. The molecule has 1 atom stereocenters. The maximum atomic E-state index is 5.76. The van der Waals surface area contributed by atoms with Crippen LogP contribution in [0.15, 0.2) is 16.6 Å². The maximum Gasteiger partial charge on any atom is 0.175 e. The van der Waals surface area contributed by atoms with Gasteiger partial charge in [0.15, 0.2) is 11.5 Å². The van der Waals surface area contributed by atoms with Gasteiger partial charge < -0.3 is 14.8 Å². The molecule has 1 aliphatic carbocycles. The van der Waals surface area contributed by atoms with E-state index in [1.807, 2.05) is 0 Å². The number of hydrogen-bond acceptors (Lipinski definition) is 3. The molecule has 118 valence electrons. The van der Waals surface area contributed by atoms with Crippen molar-refractivity contribution in [3.05, 3.63) is 22.2 Å². The Morgan fingerprint density at radius 3 is 2.71 bits per heavy atom. The first-order valence-corrected chi connectivity index (χ1v) is 8.67. The van der Waals surface area contributed by atoms with Crippen LogP contribution in [0.25, 0.3) is 0 Å². The van der Waals surface area contributed by atoms with Crippen LogP contribution in [0.5, 0.6) is 11.5 Å². The van der Waals surface area contributed by atoms with Gasteiger partial charge in [-0.15, -0.1) is 0 Å². The Morgan fingerprint density at radius 1 is 1.38 bits per heavy atom. The number of benzene rings is 1. The zero-order valence-electron chi connectivity index (χ0n) is 13.2. The number of methoxy groups -OCH3 is 1. The second-order valence-corrected chi connectivity index (χ2v) is 6.67. The van der Waals surface area contributed by atoms with Crippen LogP contribution in [0.4, 0.5) is 0 Å². The number of ether oxygens (including phenoxy) is 2. The highest BCUT2D eigenvalue weighted by Gasteiger charge is 2.23. The summed E-state index contributed by atoms with van der Waals surface area (Å²) >= 11 is 3.60. The molecule has 0 bridgehead atoms. The molecule has 1 N–H and O–H groups in total. The van der Waals surface area contributed by atoms with Crippen molar-refractivity contribution in [2.45, 2.75) is 52.1 Å². The summed E-state index contributed by atoms with van der Waals surface area (Å²) in [5, 5.41) is 3.62. The summed E-state index contributed by atoms with van der Waals surface area (Å²) in [6, 6.07) is 4.77. The highest BCUT2D eigenvalue weighted by molar-refractivity contribution is 9.10. The fourth-order valence-electron chi connectivity index (χ4n) is 2.60. The van der Waals surface area contributed by atoms with Gasteiger partial charge in [0.25, 0.3) is 0 Å². The molecule has 1 fully saturated rings. The Balaban J connectivity index is 2.00. The molecule has 3 nitrogen and oxygen atoms in total. The fourth-order valence-corrected chi connectivity index (χ4v) is 3.21. The molecule has 1 aromatic rings. The third-order valence-corrected chi connectivity index (χ3v) is 4.81. The highest BCUT2D eigenvalue weighted by Crippen LogP contribution is 2.37. The van der Waals surface area contributed by atoms with Gasteiger partial charge in [-0.25, -0.2) is 0 Å². The van der Waals surface area contributed by atoms with Gasteiger partial charge in [0, 0.05) is 12.6 Å². The number of hydrogen-bond donors (Lipinski definition) is 1. The average molecular weight is 356 g/mol. The predicted octanol–water partition coefficient (Wildman–Crippen LogP) is 4.52. The molecule has 1 aliphatic rings. The first kappa shape index (κ1) is 16.6. The van der Waals surface area contributed by atoms with E-state index in [9.17, 15) is 0 Å². The van der Waals surface area contributed by atoms with Crippen LogP contribution >= 0.6 is 15.9 Å². The number of rotatable bonds is 8. The topological polar surface area (TPSA) is 30.5 Å². The van der Waals surface area contributed by atoms with Gasteiger partial charge in [0.2, 0.25) is 0 Å². The fraction of sp³-hybridized carbons (Fsp3) is 0.647. The molecule has 0 heterocycles. The van der Waals surface area contributed by atoms with Crippen LogP contribution in [0.3, 0.4) is 0 Å². The maximum absolute atomic E-state index is 5.76. The summed E-state index contributed by atoms with van der Waals surface area (Å²) in [6.45, 7) is 5.95. The second kappa shape index (κ2) is 8.04. The smallest absolute Gasteiger partial charge is 0.175 e. The Kier molecular flexibility index (Phi) is 6.37. The van der Waals surface area contributed by atoms with E-state index in [1.165, 1.54) is 24.8 Å². The Bertz CT molecular complexity index is 460. The van der Waals surface area contributed by atoms with Gasteiger partial charge in [-0.2, -0.15) is 0 Å². The van der Waals surface area contributed by atoms with Crippen LogP contribution in [-0.2, 0) is 6.54 Å². The standard InChI is InChI=1S/C17H26BrNO2/c1-4-8-21-17-15(18)9-13(10-16(17)20-3)11-19-12(2)14-6-5-7-14/h9-10,12,14,19H,4-8,11H2,1-3H3. The van der Waals surface area contributed by atoms with Gasteiger partial charge in [0.1, 0.15) is 0 Å². The molecule has 21 heavy (non-hydrogen) atoms. The quantitative estimate of drug-likeness (QED) is 0.743. The molecule has 4 heteroatoms. The molecule has 1 aromatic carbocycles. The summed E-state index contributed by atoms with van der Waals surface area (Å²) in [6.07, 6.45) is 5.10. The van der Waals surface area contributed by atoms with Crippen molar-refractivity contribution in [2.24, 2.45) is 5.92 Å². The first-order chi connectivity index (χ1) is 10.2. The van der Waals surface area contributed by atoms with Crippen LogP contribution in [0, 0.1) is 5.92 Å². The number of nitrogens with one attached hydrogen (secondary N) is 1. The van der Waals surface area contributed by atoms with Crippen LogP contribution in [0.2, 0.25) is 0 Å². The van der Waals surface area contributed by atoms with E-state index in [0.29, 0.717) is 12.6 Å². The molecule has 0 radical (unpaired) electrons. The lowest BCUT2D eigenvalue weighted by Crippen LogP contribution is -2.36. The monoisotopic (exact) mass is 355 g/mol. The molecule has 1 saturated carbocycles. The minimum atomic E-state index is 0.583. The van der Waals surface area contributed by atoms with Gasteiger partial charge >= 0.3 is 0 Å². The third-order valence-electron chi connectivity index (χ3n) is 4.22. The summed E-state index contributed by atoms with van der Waals surface area (Å²) in [5.74, 6) is 2.45. The van der Waals surface area contributed by atoms with E-state index >= 15 is 0 Å². The molecule has 0 aliphatic heterocycles. The van der Waals surface area contributed by atoms with E-state index in [2.05, 4.69) is 47.2 Å². The SMILES string of the molecule is CCCOc1c(Br)cc(CNC(C)C2CCC2)cc1OC. The van der Waals surface area contributed by atoms with Crippen molar-refractivity contribution in [2.75, 3.05) is 13.7 Å². The van der Waals surface area contributed by atoms with Crippen molar-refractivity contribution in [3.8, 4) is 11.5 Å². The Hall–Kier alpha value is -0.740. The zero-order valence-corrected chi connectivity index (χ0v) is 14.8. The Morgan fingerprint density at radius 2 is 2.14 bits per heavy atom. The van der Waals surface area contributed by atoms with Gasteiger partial charge in [-0.3, -0.25) is 0 Å². The van der Waals surface area contributed by atoms with Crippen LogP contribution in [-0.4, -0.2) is 19.8 Å². The molecular weight excluding hydrogens is 330 g/mol. The lowest BCUT2D eigenvalue weighted by molar-refractivity contribution is 0.240. The van der Waals surface area contributed by atoms with Gasteiger partial charge in [-0.1, -0.05) is 13.3 Å². The molecular formula is C17H26BrNO2. The molecule has 1 unspecified atom stereocenters. The van der Waals surface area contributed by atoms with Crippen molar-refractivity contribution >= 4 is 15.9 Å². The summed E-state index contributed by atoms with van der Waals surface area (Å²) in [4.78, 5) is 0. The van der Waals surface area contributed by atoms with Crippen LogP contribution in [0.1, 0.15) is 45.1 Å². The minimum Gasteiger partial charge on any atom is -0.493 e. The van der Waals surface area contributed by atoms with E-state index in [4.69, 9.17) is 9.47 Å².